The molecule has 1 aromatic rings. The van der Waals surface area contributed by atoms with Gasteiger partial charge in [-0.05, 0) is 24.8 Å². The molecule has 1 saturated carbocycles. The molecule has 98 valence electrons. The van der Waals surface area contributed by atoms with Crippen molar-refractivity contribution in [1.29, 1.82) is 0 Å². The van der Waals surface area contributed by atoms with Crippen LogP contribution >= 0.6 is 0 Å². The van der Waals surface area contributed by atoms with Crippen molar-refractivity contribution in [3.63, 3.8) is 0 Å². The zero-order valence-electron chi connectivity index (χ0n) is 9.74. The van der Waals surface area contributed by atoms with Gasteiger partial charge in [-0.25, -0.2) is 13.1 Å². The third-order valence-corrected chi connectivity index (χ3v) is 4.81. The highest BCUT2D eigenvalue weighted by atomic mass is 32.2. The predicted octanol–water partition coefficient (Wildman–Crippen LogP) is 0.764. The summed E-state index contributed by atoms with van der Waals surface area (Å²) in [6, 6.07) is 7.88. The molecule has 1 aromatic carbocycles. The Balaban J connectivity index is 2.07. The van der Waals surface area contributed by atoms with Gasteiger partial charge >= 0.3 is 5.97 Å². The molecule has 0 bridgehead atoms. The molecular formula is C12H15NO4S. The van der Waals surface area contributed by atoms with Crippen molar-refractivity contribution in [3.8, 4) is 0 Å². The number of carboxylic acid groups (broad SMARTS) is 1. The Kier molecular flexibility index (Phi) is 3.68. The number of sulfonamides is 1. The van der Waals surface area contributed by atoms with Crippen molar-refractivity contribution in [2.45, 2.75) is 30.6 Å². The van der Waals surface area contributed by atoms with E-state index >= 15 is 0 Å². The van der Waals surface area contributed by atoms with Crippen molar-refractivity contribution in [3.05, 3.63) is 35.9 Å². The van der Waals surface area contributed by atoms with Crippen LogP contribution in [-0.2, 0) is 21.2 Å². The third-order valence-electron chi connectivity index (χ3n) is 2.85. The molecule has 0 heterocycles. The lowest BCUT2D eigenvalue weighted by molar-refractivity contribution is -0.138. The van der Waals surface area contributed by atoms with Crippen molar-refractivity contribution in [1.82, 2.24) is 4.72 Å². The summed E-state index contributed by atoms with van der Waals surface area (Å²) >= 11 is 0. The molecule has 1 aliphatic carbocycles. The van der Waals surface area contributed by atoms with Gasteiger partial charge in [0, 0.05) is 0 Å². The molecule has 18 heavy (non-hydrogen) atoms. The first-order chi connectivity index (χ1) is 8.49. The zero-order valence-corrected chi connectivity index (χ0v) is 10.6. The molecule has 6 heteroatoms. The van der Waals surface area contributed by atoms with Crippen LogP contribution in [0, 0.1) is 0 Å². The standard InChI is InChI=1S/C12H15NO4S/c14-12(15)11(8-9-4-2-1-3-5-9)13-18(16,17)10-6-7-10/h1-5,10-11,13H,6-8H2,(H,14,15)/t11-/m0/s1. The number of benzene rings is 1. The largest absolute Gasteiger partial charge is 0.480 e. The molecule has 1 fully saturated rings. The van der Waals surface area contributed by atoms with Gasteiger partial charge < -0.3 is 5.11 Å². The molecule has 0 aromatic heterocycles. The molecule has 2 rings (SSSR count). The Bertz CT molecular complexity index is 522. The van der Waals surface area contributed by atoms with E-state index < -0.39 is 27.3 Å². The first-order valence-corrected chi connectivity index (χ1v) is 7.31. The van der Waals surface area contributed by atoms with Gasteiger partial charge in [-0.15, -0.1) is 0 Å². The number of carboxylic acids is 1. The summed E-state index contributed by atoms with van der Waals surface area (Å²) in [7, 11) is -3.48. The maximum atomic E-state index is 11.7. The van der Waals surface area contributed by atoms with E-state index in [9.17, 15) is 13.2 Å². The van der Waals surface area contributed by atoms with Gasteiger partial charge in [0.2, 0.25) is 10.0 Å². The summed E-state index contributed by atoms with van der Waals surface area (Å²) < 4.78 is 25.7. The van der Waals surface area contributed by atoms with Crippen LogP contribution < -0.4 is 4.72 Å². The average Bonchev–Trinajstić information content (AvgIpc) is 3.13. The topological polar surface area (TPSA) is 83.5 Å². The van der Waals surface area contributed by atoms with Crippen LogP contribution in [0.1, 0.15) is 18.4 Å². The first-order valence-electron chi connectivity index (χ1n) is 5.77. The number of nitrogens with one attached hydrogen (secondary N) is 1. The van der Waals surface area contributed by atoms with Crippen LogP contribution in [0.4, 0.5) is 0 Å². The fraction of sp³-hybridized carbons (Fsp3) is 0.417. The highest BCUT2D eigenvalue weighted by Crippen LogP contribution is 2.27. The predicted molar refractivity (Wildman–Crippen MR) is 66.6 cm³/mol. The minimum absolute atomic E-state index is 0.155. The Morgan fingerprint density at radius 3 is 2.44 bits per heavy atom. The van der Waals surface area contributed by atoms with Crippen molar-refractivity contribution < 1.29 is 18.3 Å². The summed E-state index contributed by atoms with van der Waals surface area (Å²) in [6.07, 6.45) is 1.39. The fourth-order valence-corrected chi connectivity index (χ4v) is 3.23. The highest BCUT2D eigenvalue weighted by molar-refractivity contribution is 7.90. The molecule has 0 aliphatic heterocycles. The van der Waals surface area contributed by atoms with E-state index in [0.717, 1.165) is 5.56 Å². The molecule has 0 spiro atoms. The molecule has 1 atom stereocenters. The lowest BCUT2D eigenvalue weighted by atomic mass is 10.1. The lowest BCUT2D eigenvalue weighted by Gasteiger charge is -2.14. The number of hydrogen-bond acceptors (Lipinski definition) is 3. The van der Waals surface area contributed by atoms with Gasteiger partial charge in [-0.1, -0.05) is 30.3 Å². The summed E-state index contributed by atoms with van der Waals surface area (Å²) in [6.45, 7) is 0. The summed E-state index contributed by atoms with van der Waals surface area (Å²) in [5, 5.41) is 8.67. The SMILES string of the molecule is O=C(O)[C@H](Cc1ccccc1)NS(=O)(=O)C1CC1. The second kappa shape index (κ2) is 5.07. The first kappa shape index (κ1) is 13.0. The van der Waals surface area contributed by atoms with Crippen molar-refractivity contribution >= 4 is 16.0 Å². The third kappa shape index (κ3) is 3.30. The molecule has 5 nitrogen and oxygen atoms in total. The van der Waals surface area contributed by atoms with E-state index in [1.54, 1.807) is 24.3 Å². The molecular weight excluding hydrogens is 254 g/mol. The van der Waals surface area contributed by atoms with Crippen molar-refractivity contribution in [2.75, 3.05) is 0 Å². The molecule has 0 radical (unpaired) electrons. The van der Waals surface area contributed by atoms with Crippen LogP contribution in [-0.4, -0.2) is 30.8 Å². The highest BCUT2D eigenvalue weighted by Gasteiger charge is 2.38. The van der Waals surface area contributed by atoms with Crippen LogP contribution in [0.3, 0.4) is 0 Å². The Morgan fingerprint density at radius 2 is 1.94 bits per heavy atom. The van der Waals surface area contributed by atoms with Gasteiger partial charge in [-0.2, -0.15) is 0 Å². The van der Waals surface area contributed by atoms with E-state index in [0.29, 0.717) is 12.8 Å². The van der Waals surface area contributed by atoms with Gasteiger partial charge in [0.25, 0.3) is 0 Å². The Morgan fingerprint density at radius 1 is 1.33 bits per heavy atom. The second-order valence-corrected chi connectivity index (χ2v) is 6.44. The summed E-state index contributed by atoms with van der Waals surface area (Å²) in [5.74, 6) is -1.15. The minimum Gasteiger partial charge on any atom is -0.480 e. The van der Waals surface area contributed by atoms with E-state index in [4.69, 9.17) is 5.11 Å². The fourth-order valence-electron chi connectivity index (χ4n) is 1.70. The summed E-state index contributed by atoms with van der Waals surface area (Å²) in [5.41, 5.74) is 0.795. The lowest BCUT2D eigenvalue weighted by Crippen LogP contribution is -2.43. The van der Waals surface area contributed by atoms with E-state index in [1.807, 2.05) is 6.07 Å². The van der Waals surface area contributed by atoms with Gasteiger partial charge in [0.05, 0.1) is 5.25 Å². The molecule has 2 N–H and O–H groups in total. The van der Waals surface area contributed by atoms with Crippen molar-refractivity contribution in [2.24, 2.45) is 0 Å². The van der Waals surface area contributed by atoms with Crippen LogP contribution in [0.25, 0.3) is 0 Å². The maximum Gasteiger partial charge on any atom is 0.322 e. The Hall–Kier alpha value is -1.40. The monoisotopic (exact) mass is 269 g/mol. The Labute approximate surface area is 106 Å². The molecule has 0 saturated heterocycles. The maximum absolute atomic E-state index is 11.7. The molecule has 1 aliphatic rings. The van der Waals surface area contributed by atoms with Crippen LogP contribution in [0.15, 0.2) is 30.3 Å². The zero-order chi connectivity index (χ0) is 13.2. The molecule has 0 amide bonds. The van der Waals surface area contributed by atoms with Crippen LogP contribution in [0.2, 0.25) is 0 Å². The van der Waals surface area contributed by atoms with E-state index in [1.165, 1.54) is 0 Å². The quantitative estimate of drug-likeness (QED) is 0.798. The van der Waals surface area contributed by atoms with E-state index in [2.05, 4.69) is 4.72 Å². The molecule has 0 unspecified atom stereocenters. The number of rotatable bonds is 6. The van der Waals surface area contributed by atoms with Gasteiger partial charge in [-0.3, -0.25) is 4.79 Å². The van der Waals surface area contributed by atoms with E-state index in [-0.39, 0.29) is 6.42 Å². The van der Waals surface area contributed by atoms with Gasteiger partial charge in [0.15, 0.2) is 0 Å². The van der Waals surface area contributed by atoms with Crippen LogP contribution in [0.5, 0.6) is 0 Å². The minimum atomic E-state index is -3.48. The number of aliphatic carboxylic acids is 1. The number of carbonyl (C=O) groups is 1. The average molecular weight is 269 g/mol. The smallest absolute Gasteiger partial charge is 0.322 e. The number of hydrogen-bond donors (Lipinski definition) is 2. The second-order valence-electron chi connectivity index (χ2n) is 4.44. The summed E-state index contributed by atoms with van der Waals surface area (Å²) in [4.78, 5) is 11.1. The van der Waals surface area contributed by atoms with Gasteiger partial charge in [0.1, 0.15) is 6.04 Å². The normalized spacial score (nSPS) is 17.3.